The lowest BCUT2D eigenvalue weighted by atomic mass is 10.1. The van der Waals surface area contributed by atoms with Crippen LogP contribution in [0.2, 0.25) is 0 Å². The minimum absolute atomic E-state index is 0.290. The summed E-state index contributed by atoms with van der Waals surface area (Å²) in [5, 5.41) is 0. The molecule has 5 heteroatoms. The lowest BCUT2D eigenvalue weighted by Gasteiger charge is -2.02. The van der Waals surface area contributed by atoms with Crippen molar-refractivity contribution in [1.82, 2.24) is 15.0 Å². The number of nitrogens with two attached hydrogens (primary N) is 1. The second kappa shape index (κ2) is 4.10. The highest BCUT2D eigenvalue weighted by Crippen LogP contribution is 2.32. The number of aryl methyl sites for hydroxylation is 1. The van der Waals surface area contributed by atoms with Crippen LogP contribution >= 0.6 is 15.9 Å². The first kappa shape index (κ1) is 11.2. The summed E-state index contributed by atoms with van der Waals surface area (Å²) in [4.78, 5) is 11.6. The molecule has 0 aliphatic carbocycles. The Morgan fingerprint density at radius 1 is 1.33 bits per heavy atom. The number of hydrogen-bond donors (Lipinski definition) is 2. The molecule has 0 saturated heterocycles. The van der Waals surface area contributed by atoms with Gasteiger partial charge in [-0.1, -0.05) is 28.1 Å². The predicted molar refractivity (Wildman–Crippen MR) is 76.2 cm³/mol. The summed E-state index contributed by atoms with van der Waals surface area (Å²) in [7, 11) is 0. The molecule has 0 fully saturated rings. The van der Waals surface area contributed by atoms with E-state index >= 15 is 0 Å². The Hall–Kier alpha value is -1.88. The maximum absolute atomic E-state index is 5.66. The van der Waals surface area contributed by atoms with Crippen LogP contribution in [0.25, 0.3) is 22.2 Å². The third kappa shape index (κ3) is 1.76. The Labute approximate surface area is 112 Å². The van der Waals surface area contributed by atoms with Crippen molar-refractivity contribution >= 4 is 32.9 Å². The molecule has 0 saturated carbocycles. The third-order valence-electron chi connectivity index (χ3n) is 2.85. The number of aromatic amines is 1. The minimum Gasteiger partial charge on any atom is -0.368 e. The molecule has 0 aliphatic rings. The fourth-order valence-corrected chi connectivity index (χ4v) is 2.52. The number of H-pyrrole nitrogens is 1. The van der Waals surface area contributed by atoms with Gasteiger partial charge in [-0.3, -0.25) is 0 Å². The van der Waals surface area contributed by atoms with Gasteiger partial charge in [-0.05, 0) is 24.6 Å². The number of rotatable bonds is 1. The zero-order chi connectivity index (χ0) is 12.7. The molecule has 0 spiro atoms. The van der Waals surface area contributed by atoms with E-state index in [-0.39, 0.29) is 5.95 Å². The van der Waals surface area contributed by atoms with Gasteiger partial charge in [0.1, 0.15) is 5.52 Å². The maximum Gasteiger partial charge on any atom is 0.220 e. The van der Waals surface area contributed by atoms with Crippen LogP contribution in [-0.4, -0.2) is 15.0 Å². The van der Waals surface area contributed by atoms with Crippen LogP contribution < -0.4 is 5.73 Å². The maximum atomic E-state index is 5.66. The monoisotopic (exact) mass is 302 g/mol. The van der Waals surface area contributed by atoms with Crippen molar-refractivity contribution in [1.29, 1.82) is 0 Å². The van der Waals surface area contributed by atoms with E-state index < -0.39 is 0 Å². The summed E-state index contributed by atoms with van der Waals surface area (Å²) in [6.45, 7) is 2.02. The molecule has 1 aromatic carbocycles. The first-order valence-electron chi connectivity index (χ1n) is 5.52. The quantitative estimate of drug-likeness (QED) is 0.725. The number of anilines is 1. The van der Waals surface area contributed by atoms with Gasteiger partial charge in [0.15, 0.2) is 0 Å². The van der Waals surface area contributed by atoms with Crippen LogP contribution in [-0.2, 0) is 0 Å². The molecule has 0 amide bonds. The fourth-order valence-electron chi connectivity index (χ4n) is 2.12. The van der Waals surface area contributed by atoms with E-state index in [0.717, 1.165) is 32.3 Å². The van der Waals surface area contributed by atoms with Gasteiger partial charge < -0.3 is 10.7 Å². The standard InChI is InChI=1S/C13H11BrN4/c1-7-11(8-3-2-4-9(14)5-8)12-10(17-7)6-16-13(15)18-12/h2-6,17H,1H3,(H2,15,16,18). The van der Waals surface area contributed by atoms with E-state index in [1.54, 1.807) is 6.20 Å². The summed E-state index contributed by atoms with van der Waals surface area (Å²) in [6, 6.07) is 8.12. The summed E-state index contributed by atoms with van der Waals surface area (Å²) in [6.07, 6.45) is 1.71. The summed E-state index contributed by atoms with van der Waals surface area (Å²) in [5.74, 6) is 0.290. The number of nitrogens with zero attached hydrogens (tertiary/aromatic N) is 2. The molecule has 0 radical (unpaired) electrons. The highest BCUT2D eigenvalue weighted by atomic mass is 79.9. The van der Waals surface area contributed by atoms with E-state index in [1.165, 1.54) is 0 Å². The third-order valence-corrected chi connectivity index (χ3v) is 3.35. The molecule has 3 aromatic rings. The van der Waals surface area contributed by atoms with Gasteiger partial charge in [0.25, 0.3) is 0 Å². The minimum atomic E-state index is 0.290. The van der Waals surface area contributed by atoms with E-state index in [2.05, 4.69) is 43.0 Å². The Morgan fingerprint density at radius 3 is 2.94 bits per heavy atom. The van der Waals surface area contributed by atoms with E-state index in [0.29, 0.717) is 0 Å². The van der Waals surface area contributed by atoms with E-state index in [1.807, 2.05) is 19.1 Å². The van der Waals surface area contributed by atoms with Crippen molar-refractivity contribution in [3.05, 3.63) is 40.6 Å². The average molecular weight is 303 g/mol. The van der Waals surface area contributed by atoms with Gasteiger partial charge in [0.05, 0.1) is 11.7 Å². The molecular weight excluding hydrogens is 292 g/mol. The first-order valence-corrected chi connectivity index (χ1v) is 6.31. The zero-order valence-electron chi connectivity index (χ0n) is 9.74. The number of nitrogens with one attached hydrogen (secondary N) is 1. The molecule has 18 heavy (non-hydrogen) atoms. The van der Waals surface area contributed by atoms with Crippen LogP contribution in [0.1, 0.15) is 5.69 Å². The highest BCUT2D eigenvalue weighted by Gasteiger charge is 2.12. The van der Waals surface area contributed by atoms with Crippen LogP contribution in [0.5, 0.6) is 0 Å². The van der Waals surface area contributed by atoms with Gasteiger partial charge in [-0.15, -0.1) is 0 Å². The number of aromatic nitrogens is 3. The molecule has 4 nitrogen and oxygen atoms in total. The fraction of sp³-hybridized carbons (Fsp3) is 0.0769. The molecule has 3 N–H and O–H groups in total. The molecule has 3 rings (SSSR count). The lowest BCUT2D eigenvalue weighted by Crippen LogP contribution is -1.93. The van der Waals surface area contributed by atoms with Crippen molar-refractivity contribution in [2.24, 2.45) is 0 Å². The lowest BCUT2D eigenvalue weighted by molar-refractivity contribution is 1.23. The smallest absolute Gasteiger partial charge is 0.220 e. The normalized spacial score (nSPS) is 11.0. The van der Waals surface area contributed by atoms with Crippen LogP contribution in [0, 0.1) is 6.92 Å². The average Bonchev–Trinajstić information content (AvgIpc) is 2.64. The van der Waals surface area contributed by atoms with E-state index in [4.69, 9.17) is 5.73 Å². The Kier molecular flexibility index (Phi) is 2.56. The predicted octanol–water partition coefficient (Wildman–Crippen LogP) is 3.28. The largest absolute Gasteiger partial charge is 0.368 e. The molecule has 90 valence electrons. The van der Waals surface area contributed by atoms with Gasteiger partial charge in [-0.25, -0.2) is 9.97 Å². The Balaban J connectivity index is 2.34. The highest BCUT2D eigenvalue weighted by molar-refractivity contribution is 9.10. The molecule has 0 unspecified atom stereocenters. The zero-order valence-corrected chi connectivity index (χ0v) is 11.3. The van der Waals surface area contributed by atoms with Crippen molar-refractivity contribution in [3.63, 3.8) is 0 Å². The SMILES string of the molecule is Cc1[nH]c2cnc(N)nc2c1-c1cccc(Br)c1. The second-order valence-electron chi connectivity index (χ2n) is 4.13. The number of halogens is 1. The van der Waals surface area contributed by atoms with Crippen molar-refractivity contribution in [3.8, 4) is 11.1 Å². The number of benzene rings is 1. The molecular formula is C13H11BrN4. The van der Waals surface area contributed by atoms with Crippen LogP contribution in [0.15, 0.2) is 34.9 Å². The molecule has 0 aliphatic heterocycles. The van der Waals surface area contributed by atoms with Gasteiger partial charge in [0, 0.05) is 15.7 Å². The summed E-state index contributed by atoms with van der Waals surface area (Å²) in [5.41, 5.74) is 10.7. The van der Waals surface area contributed by atoms with Crippen LogP contribution in [0.4, 0.5) is 5.95 Å². The van der Waals surface area contributed by atoms with Crippen LogP contribution in [0.3, 0.4) is 0 Å². The molecule has 2 aromatic heterocycles. The van der Waals surface area contributed by atoms with Gasteiger partial charge in [0.2, 0.25) is 5.95 Å². The first-order chi connectivity index (χ1) is 8.65. The number of hydrogen-bond acceptors (Lipinski definition) is 3. The van der Waals surface area contributed by atoms with E-state index in [9.17, 15) is 0 Å². The number of fused-ring (bicyclic) bond motifs is 1. The van der Waals surface area contributed by atoms with Crippen molar-refractivity contribution < 1.29 is 0 Å². The van der Waals surface area contributed by atoms with Gasteiger partial charge in [-0.2, -0.15) is 0 Å². The molecule has 0 bridgehead atoms. The topological polar surface area (TPSA) is 67.6 Å². The second-order valence-corrected chi connectivity index (χ2v) is 5.04. The Morgan fingerprint density at radius 2 is 2.17 bits per heavy atom. The summed E-state index contributed by atoms with van der Waals surface area (Å²) < 4.78 is 1.04. The molecule has 0 atom stereocenters. The van der Waals surface area contributed by atoms with Crippen molar-refractivity contribution in [2.45, 2.75) is 6.92 Å². The Bertz CT molecular complexity index is 733. The van der Waals surface area contributed by atoms with Crippen molar-refractivity contribution in [2.75, 3.05) is 5.73 Å². The molecule has 2 heterocycles. The number of nitrogen functional groups attached to an aromatic ring is 1. The summed E-state index contributed by atoms with van der Waals surface area (Å²) >= 11 is 3.48. The van der Waals surface area contributed by atoms with Gasteiger partial charge >= 0.3 is 0 Å².